The summed E-state index contributed by atoms with van der Waals surface area (Å²) in [5.41, 5.74) is 0.117. The number of fused-ring (bicyclic) bond motifs is 1. The van der Waals surface area contributed by atoms with Crippen LogP contribution in [0.2, 0.25) is 0 Å². The van der Waals surface area contributed by atoms with E-state index >= 15 is 0 Å². The van der Waals surface area contributed by atoms with Gasteiger partial charge in [0.1, 0.15) is 36.8 Å². The predicted molar refractivity (Wildman–Crippen MR) is 148 cm³/mol. The molecule has 250 valence electrons. The average molecular weight is 643 g/mol. The highest BCUT2D eigenvalue weighted by molar-refractivity contribution is 5.97. The molecule has 19 heteroatoms. The normalized spacial score (nSPS) is 30.7. The van der Waals surface area contributed by atoms with E-state index < -0.39 is 85.4 Å². The Morgan fingerprint density at radius 3 is 2.51 bits per heavy atom. The summed E-state index contributed by atoms with van der Waals surface area (Å²) in [5.74, 6) is -2.61. The van der Waals surface area contributed by atoms with E-state index in [1.165, 1.54) is 17.8 Å². The highest BCUT2D eigenvalue weighted by Gasteiger charge is 2.40. The van der Waals surface area contributed by atoms with E-state index in [9.17, 15) is 45.0 Å². The lowest BCUT2D eigenvalue weighted by Crippen LogP contribution is -2.52. The number of aromatic nitrogens is 4. The number of nitrogens with zero attached hydrogens (tertiary/aromatic N) is 4. The Hall–Kier alpha value is -3.56. The van der Waals surface area contributed by atoms with Crippen molar-refractivity contribution in [1.29, 1.82) is 0 Å². The van der Waals surface area contributed by atoms with E-state index in [1.807, 2.05) is 0 Å². The fourth-order valence-corrected chi connectivity index (χ4v) is 4.89. The number of carboxylic acids is 1. The fourth-order valence-electron chi connectivity index (χ4n) is 4.89. The number of imidazole rings is 1. The van der Waals surface area contributed by atoms with Gasteiger partial charge in [-0.2, -0.15) is 0 Å². The molecule has 0 aliphatic carbocycles. The largest absolute Gasteiger partial charge is 0.480 e. The summed E-state index contributed by atoms with van der Waals surface area (Å²) in [4.78, 5) is 50.1. The van der Waals surface area contributed by atoms with Crippen LogP contribution in [0.3, 0.4) is 0 Å². The summed E-state index contributed by atoms with van der Waals surface area (Å²) < 4.78 is 23.2. The number of anilines is 1. The summed E-state index contributed by atoms with van der Waals surface area (Å²) >= 11 is 0. The van der Waals surface area contributed by atoms with Crippen molar-refractivity contribution < 1.29 is 64.0 Å². The molecule has 11 atom stereocenters. The molecule has 2 aliphatic heterocycles. The van der Waals surface area contributed by atoms with Crippen LogP contribution in [-0.4, -0.2) is 136 Å². The standard InChI is InChI=1S/C26H38N6O13/c1-4-5-15(45-25-13(34)6-12(33)10(2)44-25)24(40)43-11(3)16(23(38)39)30-26(41)31-20-17-21(28-8-27-20)32(9-29-17)22-19(37)18(36)14(35)7-42-22/h8-16,18-19,22,25,33-37H,4-7H2,1-3H3,(H,38,39)(H2,27,28,30,31,41)/t10-,11-,12+,13-,14-,15?,16+,18+,19+,22-,25+/m1/s1. The SMILES string of the molecule is CCCC(O[C@@H]1O[C@H](C)[C@@H](O)C[C@H]1O)C(=O)O[C@H](C)[C@H](NC(=O)Nc1ncnc2c1ncn2[C@@H]1OC[C@@H](O)[C@H](O)[C@@H]1O)C(=O)O. The number of ether oxygens (including phenoxy) is 4. The Balaban J connectivity index is 1.41. The van der Waals surface area contributed by atoms with Gasteiger partial charge in [0.25, 0.3) is 0 Å². The lowest BCUT2D eigenvalue weighted by atomic mass is 10.0. The summed E-state index contributed by atoms with van der Waals surface area (Å²) in [5, 5.41) is 64.6. The number of amides is 2. The lowest BCUT2D eigenvalue weighted by molar-refractivity contribution is -0.276. The zero-order valence-corrected chi connectivity index (χ0v) is 24.7. The molecule has 0 radical (unpaired) electrons. The molecule has 0 aromatic carbocycles. The van der Waals surface area contributed by atoms with Crippen LogP contribution >= 0.6 is 0 Å². The van der Waals surface area contributed by atoms with Gasteiger partial charge in [0.2, 0.25) is 0 Å². The molecular weight excluding hydrogens is 604 g/mol. The molecule has 4 rings (SSSR count). The monoisotopic (exact) mass is 642 g/mol. The zero-order chi connectivity index (χ0) is 33.0. The molecular formula is C26H38N6O13. The van der Waals surface area contributed by atoms with Gasteiger partial charge in [-0.15, -0.1) is 0 Å². The van der Waals surface area contributed by atoms with Gasteiger partial charge in [-0.25, -0.2) is 29.3 Å². The van der Waals surface area contributed by atoms with Crippen LogP contribution in [0.1, 0.15) is 46.3 Å². The van der Waals surface area contributed by atoms with Gasteiger partial charge in [0.05, 0.1) is 25.1 Å². The number of carbonyl (C=O) groups is 3. The van der Waals surface area contributed by atoms with Crippen molar-refractivity contribution in [2.45, 2.75) is 107 Å². The smallest absolute Gasteiger partial charge is 0.335 e. The van der Waals surface area contributed by atoms with Crippen LogP contribution in [0.25, 0.3) is 11.2 Å². The molecule has 0 saturated carbocycles. The predicted octanol–water partition coefficient (Wildman–Crippen LogP) is -2.01. The topological polar surface area (TPSA) is 277 Å². The van der Waals surface area contributed by atoms with Gasteiger partial charge in [0, 0.05) is 6.42 Å². The number of hydrogen-bond acceptors (Lipinski definition) is 15. The van der Waals surface area contributed by atoms with Crippen molar-refractivity contribution in [3.05, 3.63) is 12.7 Å². The third-order valence-electron chi connectivity index (χ3n) is 7.46. The van der Waals surface area contributed by atoms with E-state index in [4.69, 9.17) is 18.9 Å². The van der Waals surface area contributed by atoms with Gasteiger partial charge in [-0.1, -0.05) is 13.3 Å². The number of carboxylic acid groups (broad SMARTS) is 1. The molecule has 19 nitrogen and oxygen atoms in total. The quantitative estimate of drug-likeness (QED) is 0.123. The Kier molecular flexibility index (Phi) is 11.2. The highest BCUT2D eigenvalue weighted by atomic mass is 16.7. The van der Waals surface area contributed by atoms with Crippen molar-refractivity contribution in [3.8, 4) is 0 Å². The number of aliphatic carboxylic acids is 1. The number of aliphatic hydroxyl groups is 5. The molecule has 1 unspecified atom stereocenters. The minimum atomic E-state index is -1.73. The molecule has 0 spiro atoms. The minimum Gasteiger partial charge on any atom is -0.480 e. The maximum Gasteiger partial charge on any atom is 0.335 e. The van der Waals surface area contributed by atoms with E-state index in [1.54, 1.807) is 13.8 Å². The Morgan fingerprint density at radius 2 is 1.82 bits per heavy atom. The first-order valence-electron chi connectivity index (χ1n) is 14.3. The minimum absolute atomic E-state index is 0.0291. The van der Waals surface area contributed by atoms with E-state index in [2.05, 4.69) is 25.6 Å². The second-order valence-corrected chi connectivity index (χ2v) is 10.9. The Labute approximate surface area is 256 Å². The van der Waals surface area contributed by atoms with Gasteiger partial charge in [0.15, 0.2) is 41.6 Å². The lowest BCUT2D eigenvalue weighted by Gasteiger charge is -2.36. The maximum atomic E-state index is 13.0. The average Bonchev–Trinajstić information content (AvgIpc) is 3.42. The number of esters is 1. The Morgan fingerprint density at radius 1 is 1.09 bits per heavy atom. The Bertz CT molecular complexity index is 1350. The van der Waals surface area contributed by atoms with Crippen molar-refractivity contribution in [2.24, 2.45) is 0 Å². The first-order chi connectivity index (χ1) is 21.3. The second kappa shape index (κ2) is 14.7. The summed E-state index contributed by atoms with van der Waals surface area (Å²) in [6.07, 6.45) is -9.24. The zero-order valence-electron chi connectivity index (χ0n) is 24.7. The molecule has 45 heavy (non-hydrogen) atoms. The second-order valence-electron chi connectivity index (χ2n) is 10.9. The highest BCUT2D eigenvalue weighted by Crippen LogP contribution is 2.28. The van der Waals surface area contributed by atoms with Crippen LogP contribution < -0.4 is 10.6 Å². The summed E-state index contributed by atoms with van der Waals surface area (Å²) in [6, 6.07) is -2.77. The summed E-state index contributed by atoms with van der Waals surface area (Å²) in [6.45, 7) is 4.34. The number of aliphatic hydroxyl groups excluding tert-OH is 5. The van der Waals surface area contributed by atoms with Crippen LogP contribution in [0.5, 0.6) is 0 Å². The molecule has 8 N–H and O–H groups in total. The molecule has 2 aromatic heterocycles. The van der Waals surface area contributed by atoms with Crippen LogP contribution in [0.15, 0.2) is 12.7 Å². The number of carbonyl (C=O) groups excluding carboxylic acids is 2. The van der Waals surface area contributed by atoms with E-state index in [-0.39, 0.29) is 36.4 Å². The van der Waals surface area contributed by atoms with Gasteiger partial charge < -0.3 is 54.9 Å². The molecule has 2 fully saturated rings. The molecule has 4 heterocycles. The van der Waals surface area contributed by atoms with Crippen molar-refractivity contribution >= 4 is 35.0 Å². The first-order valence-corrected chi connectivity index (χ1v) is 14.3. The van der Waals surface area contributed by atoms with Crippen LogP contribution in [-0.2, 0) is 28.5 Å². The molecule has 2 amide bonds. The third kappa shape index (κ3) is 7.82. The molecule has 2 saturated heterocycles. The first kappa shape index (κ1) is 34.3. The molecule has 0 bridgehead atoms. The fraction of sp³-hybridized carbons (Fsp3) is 0.692. The van der Waals surface area contributed by atoms with Crippen molar-refractivity contribution in [1.82, 2.24) is 24.8 Å². The maximum absolute atomic E-state index is 13.0. The van der Waals surface area contributed by atoms with Gasteiger partial charge in [-0.3, -0.25) is 9.88 Å². The number of urea groups is 1. The van der Waals surface area contributed by atoms with Crippen molar-refractivity contribution in [3.63, 3.8) is 0 Å². The molecule has 2 aromatic rings. The number of hydrogen-bond donors (Lipinski definition) is 8. The number of nitrogens with one attached hydrogen (secondary N) is 2. The van der Waals surface area contributed by atoms with Crippen LogP contribution in [0.4, 0.5) is 10.6 Å². The van der Waals surface area contributed by atoms with E-state index in [0.717, 1.165) is 6.33 Å². The van der Waals surface area contributed by atoms with Crippen molar-refractivity contribution in [2.75, 3.05) is 11.9 Å². The molecule has 2 aliphatic rings. The van der Waals surface area contributed by atoms with E-state index in [0.29, 0.717) is 6.42 Å². The number of rotatable bonds is 11. The van der Waals surface area contributed by atoms with Gasteiger partial charge in [-0.05, 0) is 20.3 Å². The van der Waals surface area contributed by atoms with Gasteiger partial charge >= 0.3 is 18.0 Å². The van der Waals surface area contributed by atoms with Crippen LogP contribution in [0, 0.1) is 0 Å². The third-order valence-corrected chi connectivity index (χ3v) is 7.46. The summed E-state index contributed by atoms with van der Waals surface area (Å²) in [7, 11) is 0.